The van der Waals surface area contributed by atoms with Crippen LogP contribution in [0.3, 0.4) is 0 Å². The van der Waals surface area contributed by atoms with Gasteiger partial charge in [-0.3, -0.25) is 10.1 Å². The van der Waals surface area contributed by atoms with Gasteiger partial charge in [0.25, 0.3) is 5.91 Å². The maximum absolute atomic E-state index is 12.1. The third kappa shape index (κ3) is 5.13. The predicted molar refractivity (Wildman–Crippen MR) is 108 cm³/mol. The molecule has 0 atom stereocenters. The minimum absolute atomic E-state index is 0.0100. The van der Waals surface area contributed by atoms with Crippen LogP contribution in [-0.2, 0) is 4.79 Å². The Kier molecular flexibility index (Phi) is 6.47. The molecule has 0 spiro atoms. The van der Waals surface area contributed by atoms with Crippen molar-refractivity contribution < 1.29 is 23.4 Å². The monoisotopic (exact) mass is 395 g/mol. The number of anilines is 1. The van der Waals surface area contributed by atoms with Crippen molar-refractivity contribution in [1.82, 2.24) is 10.2 Å². The molecule has 29 heavy (non-hydrogen) atoms. The number of amides is 1. The highest BCUT2D eigenvalue weighted by molar-refractivity contribution is 6.00. The third-order valence-corrected chi connectivity index (χ3v) is 3.90. The number of hydrogen-bond donors (Lipinski definition) is 1. The molecule has 0 fully saturated rings. The highest BCUT2D eigenvalue weighted by Gasteiger charge is 2.10. The normalized spacial score (nSPS) is 10.7. The molecule has 1 N–H and O–H groups in total. The van der Waals surface area contributed by atoms with Gasteiger partial charge < -0.3 is 18.6 Å². The highest BCUT2D eigenvalue weighted by Crippen LogP contribution is 2.28. The van der Waals surface area contributed by atoms with Gasteiger partial charge >= 0.3 is 6.01 Å². The van der Waals surface area contributed by atoms with Crippen molar-refractivity contribution in [2.75, 3.05) is 26.1 Å². The van der Waals surface area contributed by atoms with Crippen LogP contribution in [0.5, 0.6) is 17.2 Å². The molecule has 0 bridgehead atoms. The molecule has 8 heteroatoms. The lowest BCUT2D eigenvalue weighted by Gasteiger charge is -2.07. The summed E-state index contributed by atoms with van der Waals surface area (Å²) in [6.45, 7) is 2.51. The molecular weight excluding hydrogens is 374 g/mol. The molecular formula is C21H21N3O5. The summed E-state index contributed by atoms with van der Waals surface area (Å²) < 4.78 is 21.3. The van der Waals surface area contributed by atoms with Gasteiger partial charge in [-0.25, -0.2) is 0 Å². The Hall–Kier alpha value is -3.81. The molecule has 1 amide bonds. The van der Waals surface area contributed by atoms with E-state index in [2.05, 4.69) is 15.5 Å². The fourth-order valence-corrected chi connectivity index (χ4v) is 2.53. The predicted octanol–water partition coefficient (Wildman–Crippen LogP) is 3.80. The molecule has 0 unspecified atom stereocenters. The van der Waals surface area contributed by atoms with E-state index < -0.39 is 5.91 Å². The minimum atomic E-state index is -0.401. The van der Waals surface area contributed by atoms with Crippen LogP contribution in [0.4, 0.5) is 6.01 Å². The van der Waals surface area contributed by atoms with Crippen molar-refractivity contribution in [3.05, 3.63) is 54.1 Å². The van der Waals surface area contributed by atoms with E-state index in [4.69, 9.17) is 18.6 Å². The number of benzene rings is 2. The summed E-state index contributed by atoms with van der Waals surface area (Å²) in [6.07, 6.45) is 3.00. The smallest absolute Gasteiger partial charge is 0.322 e. The molecule has 2 aromatic carbocycles. The zero-order valence-corrected chi connectivity index (χ0v) is 16.3. The molecule has 8 nitrogen and oxygen atoms in total. The maximum Gasteiger partial charge on any atom is 0.322 e. The Bertz CT molecular complexity index is 996. The highest BCUT2D eigenvalue weighted by atomic mass is 16.5. The van der Waals surface area contributed by atoms with Crippen LogP contribution in [0.2, 0.25) is 0 Å². The summed E-state index contributed by atoms with van der Waals surface area (Å²) >= 11 is 0. The van der Waals surface area contributed by atoms with Crippen molar-refractivity contribution in [3.8, 4) is 28.7 Å². The van der Waals surface area contributed by atoms with E-state index in [9.17, 15) is 4.79 Å². The SMILES string of the molecule is CCOc1ccc(-c2nnc(NC(=O)C=Cc3ccc(OC)c(OC)c3)o2)cc1. The summed E-state index contributed by atoms with van der Waals surface area (Å²) in [7, 11) is 3.11. The van der Waals surface area contributed by atoms with Crippen LogP contribution in [0.1, 0.15) is 12.5 Å². The molecule has 150 valence electrons. The van der Waals surface area contributed by atoms with Crippen LogP contribution in [0.25, 0.3) is 17.5 Å². The standard InChI is InChI=1S/C21H21N3O5/c1-4-28-16-9-7-15(8-10-16)20-23-24-21(29-20)22-19(25)12-6-14-5-11-17(26-2)18(13-14)27-3/h5-13H,4H2,1-3H3,(H,22,24,25). The molecule has 0 aliphatic rings. The number of methoxy groups -OCH3 is 2. The van der Waals surface area contributed by atoms with E-state index in [-0.39, 0.29) is 6.01 Å². The van der Waals surface area contributed by atoms with E-state index >= 15 is 0 Å². The van der Waals surface area contributed by atoms with Gasteiger partial charge in [0.1, 0.15) is 5.75 Å². The van der Waals surface area contributed by atoms with Crippen LogP contribution in [0, 0.1) is 0 Å². The lowest BCUT2D eigenvalue weighted by Crippen LogP contribution is -2.07. The van der Waals surface area contributed by atoms with E-state index in [1.807, 2.05) is 25.1 Å². The molecule has 3 aromatic rings. The van der Waals surface area contributed by atoms with Gasteiger partial charge in [0, 0.05) is 11.6 Å². The van der Waals surface area contributed by atoms with E-state index in [0.29, 0.717) is 24.0 Å². The van der Waals surface area contributed by atoms with Gasteiger partial charge in [0.15, 0.2) is 11.5 Å². The summed E-state index contributed by atoms with van der Waals surface area (Å²) in [4.78, 5) is 12.1. The number of hydrogen-bond acceptors (Lipinski definition) is 7. The van der Waals surface area contributed by atoms with Crippen LogP contribution in [-0.4, -0.2) is 36.9 Å². The molecule has 1 aromatic heterocycles. The fourth-order valence-electron chi connectivity index (χ4n) is 2.53. The number of carbonyl (C=O) groups is 1. The van der Waals surface area contributed by atoms with Gasteiger partial charge in [-0.2, -0.15) is 0 Å². The summed E-state index contributed by atoms with van der Waals surface area (Å²) in [5, 5.41) is 10.3. The molecule has 0 saturated carbocycles. The van der Waals surface area contributed by atoms with Crippen LogP contribution in [0.15, 0.2) is 53.0 Å². The second-order valence-corrected chi connectivity index (χ2v) is 5.81. The first-order valence-electron chi connectivity index (χ1n) is 8.90. The van der Waals surface area contributed by atoms with Gasteiger partial charge in [-0.1, -0.05) is 11.2 Å². The second kappa shape index (κ2) is 9.41. The first-order chi connectivity index (χ1) is 14.1. The Labute approximate surface area is 168 Å². The number of ether oxygens (including phenoxy) is 3. The molecule has 1 heterocycles. The van der Waals surface area contributed by atoms with Gasteiger partial charge in [0.2, 0.25) is 5.89 Å². The van der Waals surface area contributed by atoms with Crippen molar-refractivity contribution in [1.29, 1.82) is 0 Å². The van der Waals surface area contributed by atoms with Crippen molar-refractivity contribution in [2.45, 2.75) is 6.92 Å². The van der Waals surface area contributed by atoms with Crippen LogP contribution < -0.4 is 19.5 Å². The summed E-state index contributed by atoms with van der Waals surface area (Å²) in [5.74, 6) is 1.84. The van der Waals surface area contributed by atoms with Crippen molar-refractivity contribution >= 4 is 18.0 Å². The average molecular weight is 395 g/mol. The quantitative estimate of drug-likeness (QED) is 0.580. The van der Waals surface area contributed by atoms with E-state index in [1.165, 1.54) is 6.08 Å². The second-order valence-electron chi connectivity index (χ2n) is 5.81. The first kappa shape index (κ1) is 19.9. The Morgan fingerprint density at radius 1 is 1.07 bits per heavy atom. The zero-order valence-electron chi connectivity index (χ0n) is 16.3. The molecule has 0 radical (unpaired) electrons. The van der Waals surface area contributed by atoms with Crippen molar-refractivity contribution in [2.24, 2.45) is 0 Å². The molecule has 0 aliphatic heterocycles. The number of nitrogens with one attached hydrogen (secondary N) is 1. The van der Waals surface area contributed by atoms with Gasteiger partial charge in [0.05, 0.1) is 20.8 Å². The number of nitrogens with zero attached hydrogens (tertiary/aromatic N) is 2. The van der Waals surface area contributed by atoms with E-state index in [0.717, 1.165) is 16.9 Å². The first-order valence-corrected chi connectivity index (χ1v) is 8.90. The Morgan fingerprint density at radius 2 is 1.83 bits per heavy atom. The number of rotatable bonds is 8. The zero-order chi connectivity index (χ0) is 20.6. The molecule has 0 aliphatic carbocycles. The largest absolute Gasteiger partial charge is 0.494 e. The lowest BCUT2D eigenvalue weighted by molar-refractivity contribution is -0.112. The van der Waals surface area contributed by atoms with Crippen molar-refractivity contribution in [3.63, 3.8) is 0 Å². The lowest BCUT2D eigenvalue weighted by atomic mass is 10.2. The van der Waals surface area contributed by atoms with E-state index in [1.54, 1.807) is 44.6 Å². The van der Waals surface area contributed by atoms with Crippen LogP contribution >= 0.6 is 0 Å². The van der Waals surface area contributed by atoms with Gasteiger partial charge in [-0.05, 0) is 55.0 Å². The molecule has 3 rings (SSSR count). The summed E-state index contributed by atoms with van der Waals surface area (Å²) in [5.41, 5.74) is 1.50. The number of carbonyl (C=O) groups excluding carboxylic acids is 1. The minimum Gasteiger partial charge on any atom is -0.494 e. The maximum atomic E-state index is 12.1. The third-order valence-electron chi connectivity index (χ3n) is 3.90. The Balaban J connectivity index is 1.63. The number of aromatic nitrogens is 2. The van der Waals surface area contributed by atoms with Gasteiger partial charge in [-0.15, -0.1) is 5.10 Å². The molecule has 0 saturated heterocycles. The Morgan fingerprint density at radius 3 is 2.52 bits per heavy atom. The fraction of sp³-hybridized carbons (Fsp3) is 0.190. The topological polar surface area (TPSA) is 95.7 Å². The average Bonchev–Trinajstić information content (AvgIpc) is 3.21. The summed E-state index contributed by atoms with van der Waals surface area (Å²) in [6, 6.07) is 12.6.